The number of aliphatic hydroxyl groups is 1. The highest BCUT2D eigenvalue weighted by Gasteiger charge is 2.53. The quantitative estimate of drug-likeness (QED) is 0.914. The lowest BCUT2D eigenvalue weighted by atomic mass is 10.0. The number of aliphatic hydroxyl groups excluding tert-OH is 1. The van der Waals surface area contributed by atoms with Crippen molar-refractivity contribution in [3.8, 4) is 0 Å². The molecular weight excluding hydrogens is 248 g/mol. The van der Waals surface area contributed by atoms with Gasteiger partial charge in [0.25, 0.3) is 0 Å². The number of rotatable bonds is 4. The smallest absolute Gasteiger partial charge is 0.0650 e. The lowest BCUT2D eigenvalue weighted by Gasteiger charge is -2.10. The molecular formula is C17H26N2O. The Kier molecular flexibility index (Phi) is 3.33. The summed E-state index contributed by atoms with van der Waals surface area (Å²) >= 11 is 0. The molecule has 1 aromatic heterocycles. The van der Waals surface area contributed by atoms with Gasteiger partial charge in [-0.2, -0.15) is 5.10 Å². The fourth-order valence-electron chi connectivity index (χ4n) is 4.83. The lowest BCUT2D eigenvalue weighted by molar-refractivity contribution is 0.139. The van der Waals surface area contributed by atoms with Crippen LogP contribution in [0.15, 0.2) is 12.3 Å². The maximum atomic E-state index is 10.5. The zero-order valence-corrected chi connectivity index (χ0v) is 12.2. The van der Waals surface area contributed by atoms with E-state index in [9.17, 15) is 5.11 Å². The second-order valence-electron chi connectivity index (χ2n) is 7.19. The third kappa shape index (κ3) is 2.30. The van der Waals surface area contributed by atoms with E-state index in [-0.39, 0.29) is 6.10 Å². The number of fused-ring (bicyclic) bond motifs is 1. The molecule has 0 aromatic carbocycles. The van der Waals surface area contributed by atoms with E-state index in [1.54, 1.807) is 0 Å². The summed E-state index contributed by atoms with van der Waals surface area (Å²) in [5.41, 5.74) is 1.09. The molecule has 20 heavy (non-hydrogen) atoms. The average molecular weight is 274 g/mol. The molecule has 0 saturated heterocycles. The molecule has 3 aliphatic carbocycles. The minimum Gasteiger partial charge on any atom is -0.392 e. The fourth-order valence-corrected chi connectivity index (χ4v) is 4.83. The summed E-state index contributed by atoms with van der Waals surface area (Å²) in [6.07, 6.45) is 13.4. The molecule has 3 unspecified atom stereocenters. The summed E-state index contributed by atoms with van der Waals surface area (Å²) in [6, 6.07) is 2.73. The molecule has 1 N–H and O–H groups in total. The van der Waals surface area contributed by atoms with Crippen LogP contribution in [0.25, 0.3) is 0 Å². The standard InChI is InChI=1S/C17H26N2O/c20-16(17-14-7-3-4-8-15(14)17)11-12-9-10-19(18-12)13-5-1-2-6-13/h9-10,13-17,20H,1-8,11H2. The first-order valence-electron chi connectivity index (χ1n) is 8.55. The monoisotopic (exact) mass is 274 g/mol. The average Bonchev–Trinajstić information content (AvgIpc) is 2.83. The molecule has 3 aliphatic rings. The zero-order valence-electron chi connectivity index (χ0n) is 12.2. The predicted octanol–water partition coefficient (Wildman–Crippen LogP) is 3.34. The molecule has 1 heterocycles. The first-order valence-corrected chi connectivity index (χ1v) is 8.55. The van der Waals surface area contributed by atoms with Crippen molar-refractivity contribution >= 4 is 0 Å². The van der Waals surface area contributed by atoms with Crippen LogP contribution in [-0.2, 0) is 6.42 Å². The van der Waals surface area contributed by atoms with Gasteiger partial charge in [0.2, 0.25) is 0 Å². The van der Waals surface area contributed by atoms with Gasteiger partial charge in [-0.15, -0.1) is 0 Å². The summed E-state index contributed by atoms with van der Waals surface area (Å²) in [4.78, 5) is 0. The SMILES string of the molecule is OC(Cc1ccn(C2CCCC2)n1)C1C2CCCCC21. The number of nitrogens with zero attached hydrogens (tertiary/aromatic N) is 2. The largest absolute Gasteiger partial charge is 0.392 e. The Morgan fingerprint density at radius 2 is 1.75 bits per heavy atom. The van der Waals surface area contributed by atoms with Crippen LogP contribution in [0.5, 0.6) is 0 Å². The third-order valence-electron chi connectivity index (χ3n) is 5.95. The van der Waals surface area contributed by atoms with Crippen LogP contribution in [0.2, 0.25) is 0 Å². The Labute approximate surface area is 121 Å². The minimum atomic E-state index is -0.157. The van der Waals surface area contributed by atoms with Gasteiger partial charge in [-0.3, -0.25) is 4.68 Å². The fraction of sp³-hybridized carbons (Fsp3) is 0.824. The van der Waals surface area contributed by atoms with Crippen molar-refractivity contribution in [3.63, 3.8) is 0 Å². The highest BCUT2D eigenvalue weighted by Crippen LogP contribution is 2.57. The van der Waals surface area contributed by atoms with Gasteiger partial charge in [-0.1, -0.05) is 25.7 Å². The Balaban J connectivity index is 1.37. The molecule has 3 atom stereocenters. The molecule has 0 radical (unpaired) electrons. The molecule has 0 bridgehead atoms. The highest BCUT2D eigenvalue weighted by atomic mass is 16.3. The van der Waals surface area contributed by atoms with E-state index >= 15 is 0 Å². The van der Waals surface area contributed by atoms with E-state index in [0.29, 0.717) is 12.0 Å². The Morgan fingerprint density at radius 1 is 1.10 bits per heavy atom. The highest BCUT2D eigenvalue weighted by molar-refractivity contribution is 5.08. The van der Waals surface area contributed by atoms with E-state index in [2.05, 4.69) is 16.9 Å². The summed E-state index contributed by atoms with van der Waals surface area (Å²) in [5.74, 6) is 2.24. The zero-order chi connectivity index (χ0) is 13.5. The number of aromatic nitrogens is 2. The van der Waals surface area contributed by atoms with Gasteiger partial charge < -0.3 is 5.11 Å². The van der Waals surface area contributed by atoms with Gasteiger partial charge >= 0.3 is 0 Å². The number of hydrogen-bond donors (Lipinski definition) is 1. The molecule has 110 valence electrons. The van der Waals surface area contributed by atoms with Gasteiger partial charge in [0.1, 0.15) is 0 Å². The van der Waals surface area contributed by atoms with Gasteiger partial charge in [-0.05, 0) is 49.5 Å². The normalized spacial score (nSPS) is 35.0. The van der Waals surface area contributed by atoms with E-state index in [4.69, 9.17) is 5.10 Å². The van der Waals surface area contributed by atoms with Gasteiger partial charge in [0.05, 0.1) is 17.8 Å². The molecule has 0 amide bonds. The molecule has 3 heteroatoms. The van der Waals surface area contributed by atoms with Crippen LogP contribution in [0, 0.1) is 17.8 Å². The summed E-state index contributed by atoms with van der Waals surface area (Å²) in [6.45, 7) is 0. The lowest BCUT2D eigenvalue weighted by Crippen LogP contribution is -2.16. The molecule has 3 nitrogen and oxygen atoms in total. The molecule has 3 saturated carbocycles. The second kappa shape index (κ2) is 5.18. The van der Waals surface area contributed by atoms with Crippen LogP contribution in [0.4, 0.5) is 0 Å². The molecule has 0 spiro atoms. The topological polar surface area (TPSA) is 38.0 Å². The van der Waals surface area contributed by atoms with E-state index in [1.165, 1.54) is 51.4 Å². The van der Waals surface area contributed by atoms with Crippen LogP contribution in [0.1, 0.15) is 63.1 Å². The third-order valence-corrected chi connectivity index (χ3v) is 5.95. The molecule has 4 rings (SSSR count). The van der Waals surface area contributed by atoms with Gasteiger partial charge in [0, 0.05) is 12.6 Å². The first kappa shape index (κ1) is 12.9. The predicted molar refractivity (Wildman–Crippen MR) is 78.4 cm³/mol. The van der Waals surface area contributed by atoms with Crippen molar-refractivity contribution in [1.29, 1.82) is 0 Å². The van der Waals surface area contributed by atoms with Crippen molar-refractivity contribution in [3.05, 3.63) is 18.0 Å². The van der Waals surface area contributed by atoms with E-state index in [1.807, 2.05) is 0 Å². The van der Waals surface area contributed by atoms with Gasteiger partial charge in [-0.25, -0.2) is 0 Å². The van der Waals surface area contributed by atoms with E-state index in [0.717, 1.165) is 24.0 Å². The van der Waals surface area contributed by atoms with Crippen molar-refractivity contribution in [2.75, 3.05) is 0 Å². The molecule has 3 fully saturated rings. The second-order valence-corrected chi connectivity index (χ2v) is 7.19. The summed E-state index contributed by atoms with van der Waals surface area (Å²) in [5, 5.41) is 15.2. The maximum absolute atomic E-state index is 10.5. The maximum Gasteiger partial charge on any atom is 0.0650 e. The van der Waals surface area contributed by atoms with Crippen molar-refractivity contribution in [1.82, 2.24) is 9.78 Å². The van der Waals surface area contributed by atoms with Crippen molar-refractivity contribution in [2.24, 2.45) is 17.8 Å². The first-order chi connectivity index (χ1) is 9.83. The number of hydrogen-bond acceptors (Lipinski definition) is 2. The van der Waals surface area contributed by atoms with Crippen LogP contribution in [-0.4, -0.2) is 21.0 Å². The molecule has 0 aliphatic heterocycles. The van der Waals surface area contributed by atoms with Crippen LogP contribution < -0.4 is 0 Å². The summed E-state index contributed by atoms with van der Waals surface area (Å²) in [7, 11) is 0. The van der Waals surface area contributed by atoms with Crippen LogP contribution in [0.3, 0.4) is 0 Å². The van der Waals surface area contributed by atoms with Crippen molar-refractivity contribution in [2.45, 2.75) is 69.9 Å². The van der Waals surface area contributed by atoms with Gasteiger partial charge in [0.15, 0.2) is 0 Å². The van der Waals surface area contributed by atoms with Crippen molar-refractivity contribution < 1.29 is 5.11 Å². The Hall–Kier alpha value is -0.830. The Bertz CT molecular complexity index is 451. The molecule has 1 aromatic rings. The Morgan fingerprint density at radius 3 is 2.45 bits per heavy atom. The minimum absolute atomic E-state index is 0.157. The van der Waals surface area contributed by atoms with Crippen LogP contribution >= 0.6 is 0 Å². The van der Waals surface area contributed by atoms with E-state index < -0.39 is 0 Å². The summed E-state index contributed by atoms with van der Waals surface area (Å²) < 4.78 is 2.15.